The number of hydrogen-bond donors (Lipinski definition) is 1. The second kappa shape index (κ2) is 7.73. The van der Waals surface area contributed by atoms with Crippen LogP contribution in [0.15, 0.2) is 54.7 Å². The molecule has 3 aromatic rings. The van der Waals surface area contributed by atoms with Crippen molar-refractivity contribution in [2.75, 3.05) is 5.32 Å². The number of halogens is 3. The fourth-order valence-electron chi connectivity index (χ4n) is 3.62. The summed E-state index contributed by atoms with van der Waals surface area (Å²) in [5.74, 6) is 0.553. The van der Waals surface area contributed by atoms with Gasteiger partial charge in [0.2, 0.25) is 5.91 Å². The Labute approximate surface area is 166 Å². The first-order chi connectivity index (χ1) is 13.9. The van der Waals surface area contributed by atoms with Crippen LogP contribution in [0, 0.1) is 0 Å². The molecule has 1 amide bonds. The van der Waals surface area contributed by atoms with E-state index in [1.807, 2.05) is 18.3 Å². The lowest BCUT2D eigenvalue weighted by molar-refractivity contribution is -0.137. The molecule has 0 unspecified atom stereocenters. The number of amides is 1. The zero-order chi connectivity index (χ0) is 20.4. The molecule has 4 rings (SSSR count). The minimum absolute atomic E-state index is 0.126. The van der Waals surface area contributed by atoms with Crippen molar-refractivity contribution in [3.05, 3.63) is 71.5 Å². The van der Waals surface area contributed by atoms with E-state index >= 15 is 0 Å². The van der Waals surface area contributed by atoms with E-state index in [4.69, 9.17) is 0 Å². The number of aryl methyl sites for hydroxylation is 1. The predicted molar refractivity (Wildman–Crippen MR) is 104 cm³/mol. The monoisotopic (exact) mass is 399 g/mol. The molecule has 0 fully saturated rings. The van der Waals surface area contributed by atoms with Crippen LogP contribution in [0.5, 0.6) is 0 Å². The van der Waals surface area contributed by atoms with Crippen molar-refractivity contribution in [3.8, 4) is 11.4 Å². The molecule has 29 heavy (non-hydrogen) atoms. The van der Waals surface area contributed by atoms with Crippen LogP contribution in [0.4, 0.5) is 18.9 Å². The van der Waals surface area contributed by atoms with Gasteiger partial charge in [-0.1, -0.05) is 18.2 Å². The van der Waals surface area contributed by atoms with E-state index in [-0.39, 0.29) is 12.3 Å². The van der Waals surface area contributed by atoms with Crippen molar-refractivity contribution >= 4 is 11.6 Å². The van der Waals surface area contributed by atoms with Crippen LogP contribution < -0.4 is 5.32 Å². The number of hydrogen-bond acceptors (Lipinski definition) is 2. The third-order valence-corrected chi connectivity index (χ3v) is 5.05. The maximum atomic E-state index is 12.8. The van der Waals surface area contributed by atoms with E-state index < -0.39 is 11.7 Å². The molecule has 7 heteroatoms. The maximum Gasteiger partial charge on any atom is 0.416 e. The Hall–Kier alpha value is -3.09. The van der Waals surface area contributed by atoms with Crippen molar-refractivity contribution in [1.82, 2.24) is 9.55 Å². The van der Waals surface area contributed by atoms with Crippen LogP contribution in [-0.4, -0.2) is 15.5 Å². The Bertz CT molecular complexity index is 1020. The molecule has 0 spiro atoms. The number of carbonyl (C=O) groups is 1. The lowest BCUT2D eigenvalue weighted by Gasteiger charge is -2.16. The Kier molecular flexibility index (Phi) is 5.13. The number of carbonyl (C=O) groups excluding carboxylic acids is 1. The highest BCUT2D eigenvalue weighted by atomic mass is 19.4. The Morgan fingerprint density at radius 3 is 2.66 bits per heavy atom. The van der Waals surface area contributed by atoms with E-state index in [0.717, 1.165) is 42.9 Å². The highest BCUT2D eigenvalue weighted by Gasteiger charge is 2.30. The zero-order valence-corrected chi connectivity index (χ0v) is 15.7. The van der Waals surface area contributed by atoms with Crippen molar-refractivity contribution in [3.63, 3.8) is 0 Å². The van der Waals surface area contributed by atoms with Gasteiger partial charge in [-0.05, 0) is 55.2 Å². The van der Waals surface area contributed by atoms with Gasteiger partial charge in [-0.15, -0.1) is 0 Å². The number of imidazole rings is 1. The van der Waals surface area contributed by atoms with E-state index in [9.17, 15) is 18.0 Å². The predicted octanol–water partition coefficient (Wildman–Crippen LogP) is 5.09. The minimum Gasteiger partial charge on any atom is -0.328 e. The molecule has 0 saturated carbocycles. The van der Waals surface area contributed by atoms with Crippen LogP contribution in [0.1, 0.15) is 29.7 Å². The number of nitrogens with one attached hydrogen (secondary N) is 1. The van der Waals surface area contributed by atoms with Gasteiger partial charge < -0.3 is 9.88 Å². The molecule has 2 aromatic carbocycles. The number of anilines is 1. The largest absolute Gasteiger partial charge is 0.416 e. The number of nitrogens with zero attached hydrogens (tertiary/aromatic N) is 2. The van der Waals surface area contributed by atoms with Crippen molar-refractivity contribution < 1.29 is 18.0 Å². The van der Waals surface area contributed by atoms with Gasteiger partial charge in [0, 0.05) is 29.7 Å². The second-order valence-electron chi connectivity index (χ2n) is 7.18. The van der Waals surface area contributed by atoms with Gasteiger partial charge in [0.25, 0.3) is 0 Å². The van der Waals surface area contributed by atoms with Gasteiger partial charge >= 0.3 is 6.18 Å². The van der Waals surface area contributed by atoms with Crippen molar-refractivity contribution in [1.29, 1.82) is 0 Å². The molecule has 0 aliphatic carbocycles. The second-order valence-corrected chi connectivity index (χ2v) is 7.18. The lowest BCUT2D eigenvalue weighted by atomic mass is 10.1. The molecule has 2 heterocycles. The van der Waals surface area contributed by atoms with Gasteiger partial charge in [-0.2, -0.15) is 13.2 Å². The summed E-state index contributed by atoms with van der Waals surface area (Å²) in [6.45, 7) is 0.958. The molecule has 0 bridgehead atoms. The van der Waals surface area contributed by atoms with E-state index in [1.165, 1.54) is 24.2 Å². The topological polar surface area (TPSA) is 46.9 Å². The molecule has 150 valence electrons. The molecule has 1 aliphatic heterocycles. The van der Waals surface area contributed by atoms with Gasteiger partial charge in [-0.3, -0.25) is 4.79 Å². The van der Waals surface area contributed by atoms with Crippen LogP contribution >= 0.6 is 0 Å². The Morgan fingerprint density at radius 1 is 1.10 bits per heavy atom. The number of benzene rings is 2. The van der Waals surface area contributed by atoms with E-state index in [0.29, 0.717) is 11.3 Å². The molecule has 1 N–H and O–H groups in total. The molecular weight excluding hydrogens is 379 g/mol. The fraction of sp³-hybridized carbons (Fsp3) is 0.273. The highest BCUT2D eigenvalue weighted by molar-refractivity contribution is 5.92. The van der Waals surface area contributed by atoms with Crippen LogP contribution in [0.25, 0.3) is 11.4 Å². The summed E-state index contributed by atoms with van der Waals surface area (Å²) in [6, 6.07) is 12.2. The van der Waals surface area contributed by atoms with Crippen molar-refractivity contribution in [2.24, 2.45) is 0 Å². The van der Waals surface area contributed by atoms with Gasteiger partial charge in [0.15, 0.2) is 0 Å². The van der Waals surface area contributed by atoms with Gasteiger partial charge in [-0.25, -0.2) is 4.98 Å². The molecule has 1 aromatic heterocycles. The SMILES string of the molecule is O=C(Cc1cccc(C(F)(F)F)c1)Nc1ccc(-c2ncc3n2CCCC3)cc1. The third-order valence-electron chi connectivity index (χ3n) is 5.05. The fourth-order valence-corrected chi connectivity index (χ4v) is 3.62. The number of aromatic nitrogens is 2. The standard InChI is InChI=1S/C22H20F3N3O/c23-22(24,25)17-5-3-4-15(12-17)13-20(29)27-18-9-7-16(8-10-18)21-26-14-19-6-1-2-11-28(19)21/h3-5,7-10,12,14H,1-2,6,11,13H2,(H,27,29). The molecule has 0 atom stereocenters. The van der Waals surface area contributed by atoms with Gasteiger partial charge in [0.05, 0.1) is 12.0 Å². The quantitative estimate of drug-likeness (QED) is 0.665. The zero-order valence-electron chi connectivity index (χ0n) is 15.7. The summed E-state index contributed by atoms with van der Waals surface area (Å²) in [5.41, 5.74) is 2.36. The van der Waals surface area contributed by atoms with E-state index in [1.54, 1.807) is 12.1 Å². The molecule has 0 saturated heterocycles. The first kappa shape index (κ1) is 19.2. The summed E-state index contributed by atoms with van der Waals surface area (Å²) >= 11 is 0. The molecule has 0 radical (unpaired) electrons. The number of alkyl halides is 3. The minimum atomic E-state index is -4.42. The number of fused-ring (bicyclic) bond motifs is 1. The number of rotatable bonds is 4. The summed E-state index contributed by atoms with van der Waals surface area (Å²) in [6.07, 6.45) is 0.728. The summed E-state index contributed by atoms with van der Waals surface area (Å²) in [5, 5.41) is 2.74. The average Bonchev–Trinajstić information content (AvgIpc) is 3.12. The first-order valence-electron chi connectivity index (χ1n) is 9.51. The molecular formula is C22H20F3N3O. The van der Waals surface area contributed by atoms with Crippen molar-refractivity contribution in [2.45, 2.75) is 38.4 Å². The van der Waals surface area contributed by atoms with Crippen LogP contribution in [0.3, 0.4) is 0 Å². The summed E-state index contributed by atoms with van der Waals surface area (Å²) in [7, 11) is 0. The highest BCUT2D eigenvalue weighted by Crippen LogP contribution is 2.30. The van der Waals surface area contributed by atoms with E-state index in [2.05, 4.69) is 14.9 Å². The smallest absolute Gasteiger partial charge is 0.328 e. The summed E-state index contributed by atoms with van der Waals surface area (Å²) < 4.78 is 40.6. The molecule has 1 aliphatic rings. The Balaban J connectivity index is 1.43. The maximum absolute atomic E-state index is 12.8. The lowest BCUT2D eigenvalue weighted by Crippen LogP contribution is -2.15. The Morgan fingerprint density at radius 2 is 1.90 bits per heavy atom. The van der Waals surface area contributed by atoms with Gasteiger partial charge in [0.1, 0.15) is 5.82 Å². The average molecular weight is 399 g/mol. The first-order valence-corrected chi connectivity index (χ1v) is 9.51. The summed E-state index contributed by atoms with van der Waals surface area (Å²) in [4.78, 5) is 16.8. The normalized spacial score (nSPS) is 13.8. The van der Waals surface area contributed by atoms with Crippen LogP contribution in [0.2, 0.25) is 0 Å². The van der Waals surface area contributed by atoms with Crippen LogP contribution in [-0.2, 0) is 30.4 Å². The molecule has 4 nitrogen and oxygen atoms in total. The third kappa shape index (κ3) is 4.34.